The molecular weight excluding hydrogens is 454 g/mol. The molecule has 0 fully saturated rings. The van der Waals surface area contributed by atoms with Gasteiger partial charge in [0.25, 0.3) is 0 Å². The van der Waals surface area contributed by atoms with Gasteiger partial charge < -0.3 is 4.74 Å². The van der Waals surface area contributed by atoms with Crippen LogP contribution in [0.1, 0.15) is 15.9 Å². The Morgan fingerprint density at radius 3 is 2.21 bits per heavy atom. The molecule has 0 saturated heterocycles. The summed E-state index contributed by atoms with van der Waals surface area (Å²) in [7, 11) is 0. The third-order valence-electron chi connectivity index (χ3n) is 4.35. The van der Waals surface area contributed by atoms with Gasteiger partial charge in [-0.15, -0.1) is 10.2 Å². The fourth-order valence-electron chi connectivity index (χ4n) is 2.70. The smallest absolute Gasteiger partial charge is 0.343 e. The molecule has 0 bridgehead atoms. The maximum atomic E-state index is 12.1. The molecule has 9 nitrogen and oxygen atoms in total. The Morgan fingerprint density at radius 1 is 0.824 bits per heavy atom. The number of benzene rings is 3. The van der Waals surface area contributed by atoms with Gasteiger partial charge in [-0.05, 0) is 42.0 Å². The Kier molecular flexibility index (Phi) is 7.11. The summed E-state index contributed by atoms with van der Waals surface area (Å²) in [6, 6.07) is 24.5. The highest BCUT2D eigenvalue weighted by molar-refractivity contribution is 7.18. The first-order valence-corrected chi connectivity index (χ1v) is 10.8. The molecule has 34 heavy (non-hydrogen) atoms. The van der Waals surface area contributed by atoms with E-state index in [1.807, 2.05) is 36.4 Å². The largest absolute Gasteiger partial charge is 0.423 e. The number of esters is 1. The predicted molar refractivity (Wildman–Crippen MR) is 128 cm³/mol. The van der Waals surface area contributed by atoms with Crippen molar-refractivity contribution in [2.75, 3.05) is 5.32 Å². The Hall–Kier alpha value is -4.70. The number of rotatable bonds is 6. The molecule has 0 unspecified atom stereocenters. The molecule has 4 aromatic rings. The molecule has 0 spiro atoms. The van der Waals surface area contributed by atoms with E-state index in [2.05, 4.69) is 26.0 Å². The zero-order valence-electron chi connectivity index (χ0n) is 17.5. The Balaban J connectivity index is 1.27. The summed E-state index contributed by atoms with van der Waals surface area (Å²) in [6.07, 6.45) is 1.35. The summed E-state index contributed by atoms with van der Waals surface area (Å²) in [4.78, 5) is 36.1. The first-order valence-electron chi connectivity index (χ1n) is 9.99. The second-order valence-corrected chi connectivity index (χ2v) is 7.73. The van der Waals surface area contributed by atoms with E-state index in [1.165, 1.54) is 6.21 Å². The van der Waals surface area contributed by atoms with Crippen molar-refractivity contribution in [3.8, 4) is 16.3 Å². The van der Waals surface area contributed by atoms with Crippen molar-refractivity contribution in [3.63, 3.8) is 0 Å². The zero-order chi connectivity index (χ0) is 23.8. The van der Waals surface area contributed by atoms with Crippen LogP contribution in [0.25, 0.3) is 10.6 Å². The molecule has 3 aromatic carbocycles. The van der Waals surface area contributed by atoms with Crippen molar-refractivity contribution in [2.24, 2.45) is 5.10 Å². The molecule has 0 aliphatic rings. The lowest BCUT2D eigenvalue weighted by Crippen LogP contribution is -2.32. The van der Waals surface area contributed by atoms with Crippen molar-refractivity contribution >= 4 is 40.5 Å². The van der Waals surface area contributed by atoms with Gasteiger partial charge in [-0.1, -0.05) is 59.9 Å². The Morgan fingerprint density at radius 2 is 1.50 bits per heavy atom. The van der Waals surface area contributed by atoms with Crippen molar-refractivity contribution in [1.82, 2.24) is 15.6 Å². The van der Waals surface area contributed by atoms with E-state index in [9.17, 15) is 14.4 Å². The Bertz CT molecular complexity index is 1320. The maximum Gasteiger partial charge on any atom is 0.343 e. The van der Waals surface area contributed by atoms with Crippen LogP contribution in [0.3, 0.4) is 0 Å². The van der Waals surface area contributed by atoms with E-state index in [0.29, 0.717) is 21.9 Å². The molecule has 2 amide bonds. The summed E-state index contributed by atoms with van der Waals surface area (Å²) in [5, 5.41) is 14.9. The van der Waals surface area contributed by atoms with Gasteiger partial charge in [-0.2, -0.15) is 5.10 Å². The monoisotopic (exact) mass is 471 g/mol. The van der Waals surface area contributed by atoms with Crippen molar-refractivity contribution in [1.29, 1.82) is 0 Å². The number of carbonyl (C=O) groups excluding carboxylic acids is 3. The first kappa shape index (κ1) is 22.5. The van der Waals surface area contributed by atoms with E-state index in [1.54, 1.807) is 48.5 Å². The second-order valence-electron chi connectivity index (χ2n) is 6.76. The van der Waals surface area contributed by atoms with Crippen LogP contribution in [0.2, 0.25) is 0 Å². The lowest BCUT2D eigenvalue weighted by molar-refractivity contribution is -0.136. The van der Waals surface area contributed by atoms with Crippen LogP contribution >= 0.6 is 11.3 Å². The molecule has 0 atom stereocenters. The van der Waals surface area contributed by atoms with E-state index >= 15 is 0 Å². The SMILES string of the molecule is O=C(NN=Cc1ccc(OC(=O)c2ccccc2)cc1)C(=O)Nc1nnc(-c2ccccc2)s1. The molecule has 0 aliphatic carbocycles. The zero-order valence-corrected chi connectivity index (χ0v) is 18.4. The molecule has 0 aliphatic heterocycles. The average Bonchev–Trinajstić information content (AvgIpc) is 3.34. The van der Waals surface area contributed by atoms with E-state index in [4.69, 9.17) is 4.74 Å². The van der Waals surface area contributed by atoms with Crippen LogP contribution in [0.5, 0.6) is 5.75 Å². The average molecular weight is 471 g/mol. The van der Waals surface area contributed by atoms with Gasteiger partial charge in [0.2, 0.25) is 5.13 Å². The number of anilines is 1. The van der Waals surface area contributed by atoms with Crippen LogP contribution in [0.4, 0.5) is 5.13 Å². The lowest BCUT2D eigenvalue weighted by Gasteiger charge is -2.04. The summed E-state index contributed by atoms with van der Waals surface area (Å²) in [5.74, 6) is -1.98. The highest BCUT2D eigenvalue weighted by atomic mass is 32.1. The fourth-order valence-corrected chi connectivity index (χ4v) is 3.45. The van der Waals surface area contributed by atoms with Gasteiger partial charge in [-0.3, -0.25) is 14.9 Å². The first-order chi connectivity index (χ1) is 16.6. The molecule has 1 aromatic heterocycles. The van der Waals surface area contributed by atoms with Gasteiger partial charge >= 0.3 is 17.8 Å². The summed E-state index contributed by atoms with van der Waals surface area (Å²) >= 11 is 1.15. The molecule has 0 saturated carbocycles. The van der Waals surface area contributed by atoms with Gasteiger partial charge in [-0.25, -0.2) is 10.2 Å². The molecule has 0 radical (unpaired) electrons. The van der Waals surface area contributed by atoms with Gasteiger partial charge in [0.05, 0.1) is 11.8 Å². The van der Waals surface area contributed by atoms with Gasteiger partial charge in [0, 0.05) is 5.56 Å². The third-order valence-corrected chi connectivity index (χ3v) is 5.24. The second kappa shape index (κ2) is 10.7. The number of aromatic nitrogens is 2. The highest BCUT2D eigenvalue weighted by Crippen LogP contribution is 2.25. The number of nitrogens with zero attached hydrogens (tertiary/aromatic N) is 3. The quantitative estimate of drug-likeness (QED) is 0.146. The number of amides is 2. The number of hydrogen-bond donors (Lipinski definition) is 2. The van der Waals surface area contributed by atoms with Crippen LogP contribution in [0.15, 0.2) is 90.0 Å². The van der Waals surface area contributed by atoms with Crippen molar-refractivity contribution in [2.45, 2.75) is 0 Å². The van der Waals surface area contributed by atoms with Crippen LogP contribution in [-0.4, -0.2) is 34.2 Å². The standard InChI is InChI=1S/C24H17N5O4S/c30-20(26-24-29-28-22(34-24)17-7-3-1-4-8-17)21(31)27-25-15-16-11-13-19(14-12-16)33-23(32)18-9-5-2-6-10-18/h1-15H,(H,27,31)(H,26,29,30). The molecule has 2 N–H and O–H groups in total. The lowest BCUT2D eigenvalue weighted by atomic mass is 10.2. The predicted octanol–water partition coefficient (Wildman–Crippen LogP) is 3.51. The van der Waals surface area contributed by atoms with E-state index < -0.39 is 17.8 Å². The van der Waals surface area contributed by atoms with Crippen LogP contribution in [0, 0.1) is 0 Å². The number of carbonyl (C=O) groups is 3. The molecule has 4 rings (SSSR count). The van der Waals surface area contributed by atoms with Crippen LogP contribution in [-0.2, 0) is 9.59 Å². The van der Waals surface area contributed by atoms with Crippen molar-refractivity contribution in [3.05, 3.63) is 96.1 Å². The van der Waals surface area contributed by atoms with Crippen LogP contribution < -0.4 is 15.5 Å². The molecule has 10 heteroatoms. The summed E-state index contributed by atoms with van der Waals surface area (Å²) < 4.78 is 5.30. The van der Waals surface area contributed by atoms with E-state index in [0.717, 1.165) is 16.9 Å². The number of hydrogen-bond acceptors (Lipinski definition) is 8. The molecular formula is C24H17N5O4S. The van der Waals surface area contributed by atoms with Gasteiger partial charge in [0.15, 0.2) is 0 Å². The summed E-state index contributed by atoms with van der Waals surface area (Å²) in [6.45, 7) is 0. The third kappa shape index (κ3) is 5.96. The minimum absolute atomic E-state index is 0.198. The normalized spacial score (nSPS) is 10.6. The Labute approximate surface area is 198 Å². The van der Waals surface area contributed by atoms with Gasteiger partial charge in [0.1, 0.15) is 10.8 Å². The minimum atomic E-state index is -0.957. The molecule has 1 heterocycles. The fraction of sp³-hybridized carbons (Fsp3) is 0. The van der Waals surface area contributed by atoms with E-state index in [-0.39, 0.29) is 5.13 Å². The maximum absolute atomic E-state index is 12.1. The number of hydrazone groups is 1. The summed E-state index contributed by atoms with van der Waals surface area (Å²) in [5.41, 5.74) is 4.07. The molecule has 168 valence electrons. The minimum Gasteiger partial charge on any atom is -0.423 e. The topological polar surface area (TPSA) is 123 Å². The number of ether oxygens (including phenoxy) is 1. The van der Waals surface area contributed by atoms with Crippen molar-refractivity contribution < 1.29 is 19.1 Å². The highest BCUT2D eigenvalue weighted by Gasteiger charge is 2.16. The number of nitrogens with one attached hydrogen (secondary N) is 2.